The van der Waals surface area contributed by atoms with Crippen molar-refractivity contribution in [2.75, 3.05) is 7.05 Å². The zero-order valence-corrected chi connectivity index (χ0v) is 7.62. The number of amides is 1. The van der Waals surface area contributed by atoms with Crippen LogP contribution in [0.2, 0.25) is 5.15 Å². The molecule has 66 valence electrons. The van der Waals surface area contributed by atoms with Crippen molar-refractivity contribution in [2.45, 2.75) is 0 Å². The van der Waals surface area contributed by atoms with E-state index in [1.54, 1.807) is 6.19 Å². The highest BCUT2D eigenvalue weighted by Crippen LogP contribution is 2.08. The molecular weight excluding hydrogens is 190 g/mol. The molecule has 0 fully saturated rings. The lowest BCUT2D eigenvalue weighted by molar-refractivity contribution is 0.0858. The van der Waals surface area contributed by atoms with Crippen LogP contribution >= 0.6 is 11.6 Å². The minimum atomic E-state index is -0.396. The number of aromatic nitrogens is 1. The third-order valence-corrected chi connectivity index (χ3v) is 1.63. The molecule has 1 amide bonds. The van der Waals surface area contributed by atoms with E-state index in [2.05, 4.69) is 4.98 Å². The van der Waals surface area contributed by atoms with Crippen molar-refractivity contribution < 1.29 is 4.79 Å². The van der Waals surface area contributed by atoms with Crippen LogP contribution in [0.4, 0.5) is 0 Å². The summed E-state index contributed by atoms with van der Waals surface area (Å²) >= 11 is 5.57. The van der Waals surface area contributed by atoms with Crippen molar-refractivity contribution >= 4 is 17.5 Å². The van der Waals surface area contributed by atoms with Gasteiger partial charge in [0.05, 0.1) is 0 Å². The zero-order chi connectivity index (χ0) is 9.84. The first-order valence-corrected chi connectivity index (χ1v) is 3.82. The summed E-state index contributed by atoms with van der Waals surface area (Å²) in [5.74, 6) is -0.396. The van der Waals surface area contributed by atoms with Gasteiger partial charge in [0.1, 0.15) is 5.15 Å². The van der Waals surface area contributed by atoms with E-state index in [1.807, 2.05) is 0 Å². The van der Waals surface area contributed by atoms with E-state index in [0.29, 0.717) is 5.56 Å². The van der Waals surface area contributed by atoms with Gasteiger partial charge in [-0.25, -0.2) is 9.88 Å². The van der Waals surface area contributed by atoms with E-state index in [4.69, 9.17) is 16.9 Å². The molecule has 1 rings (SSSR count). The third-order valence-electron chi connectivity index (χ3n) is 1.43. The smallest absolute Gasteiger partial charge is 0.266 e. The number of halogens is 1. The lowest BCUT2D eigenvalue weighted by Gasteiger charge is -2.05. The molecule has 0 aliphatic carbocycles. The summed E-state index contributed by atoms with van der Waals surface area (Å²) in [7, 11) is 1.39. The second-order valence-corrected chi connectivity index (χ2v) is 2.72. The molecule has 0 saturated carbocycles. The van der Waals surface area contributed by atoms with Gasteiger partial charge in [0.2, 0.25) is 0 Å². The highest BCUT2D eigenvalue weighted by molar-refractivity contribution is 6.29. The van der Waals surface area contributed by atoms with Crippen molar-refractivity contribution in [3.63, 3.8) is 0 Å². The van der Waals surface area contributed by atoms with Crippen LogP contribution in [0.15, 0.2) is 18.3 Å². The van der Waals surface area contributed by atoms with E-state index < -0.39 is 5.91 Å². The first-order valence-electron chi connectivity index (χ1n) is 3.44. The molecule has 0 aliphatic rings. The Morgan fingerprint density at radius 3 is 3.00 bits per heavy atom. The second-order valence-electron chi connectivity index (χ2n) is 2.33. The van der Waals surface area contributed by atoms with Crippen LogP contribution < -0.4 is 0 Å². The molecular formula is C8H6ClN3O. The summed E-state index contributed by atoms with van der Waals surface area (Å²) in [6, 6.07) is 2.92. The predicted octanol–water partition coefficient (Wildman–Crippen LogP) is 1.29. The number of pyridine rings is 1. The Morgan fingerprint density at radius 1 is 1.77 bits per heavy atom. The number of nitrogens with zero attached hydrogens (tertiary/aromatic N) is 3. The maximum absolute atomic E-state index is 11.3. The molecule has 1 aromatic heterocycles. The van der Waals surface area contributed by atoms with Crippen molar-refractivity contribution in [1.29, 1.82) is 5.26 Å². The predicted molar refractivity (Wildman–Crippen MR) is 47.0 cm³/mol. The van der Waals surface area contributed by atoms with E-state index in [9.17, 15) is 4.79 Å². The average Bonchev–Trinajstić information content (AvgIpc) is 2.15. The van der Waals surface area contributed by atoms with Crippen LogP contribution in [0.25, 0.3) is 0 Å². The topological polar surface area (TPSA) is 57.0 Å². The Morgan fingerprint density at radius 2 is 2.46 bits per heavy atom. The van der Waals surface area contributed by atoms with Gasteiger partial charge in [-0.3, -0.25) is 4.79 Å². The summed E-state index contributed by atoms with van der Waals surface area (Å²) in [6.45, 7) is 0. The quantitative estimate of drug-likeness (QED) is 0.386. The first-order chi connectivity index (χ1) is 6.15. The SMILES string of the molecule is CN(C#N)C(=O)c1ccnc(Cl)c1. The fourth-order valence-electron chi connectivity index (χ4n) is 0.775. The van der Waals surface area contributed by atoms with Crippen molar-refractivity contribution in [1.82, 2.24) is 9.88 Å². The van der Waals surface area contributed by atoms with E-state index in [1.165, 1.54) is 25.4 Å². The van der Waals surface area contributed by atoms with Gasteiger partial charge in [-0.1, -0.05) is 11.6 Å². The summed E-state index contributed by atoms with van der Waals surface area (Å²) in [6.07, 6.45) is 3.12. The van der Waals surface area contributed by atoms with E-state index in [0.717, 1.165) is 4.90 Å². The Labute approximate surface area is 80.4 Å². The molecule has 0 saturated heterocycles. The van der Waals surface area contributed by atoms with Gasteiger partial charge >= 0.3 is 0 Å². The molecule has 0 spiro atoms. The van der Waals surface area contributed by atoms with Gasteiger partial charge in [0, 0.05) is 18.8 Å². The fourth-order valence-corrected chi connectivity index (χ4v) is 0.948. The summed E-state index contributed by atoms with van der Waals surface area (Å²) in [5, 5.41) is 8.68. The molecule has 1 aromatic rings. The summed E-state index contributed by atoms with van der Waals surface area (Å²) < 4.78 is 0. The highest BCUT2D eigenvalue weighted by Gasteiger charge is 2.10. The first kappa shape index (κ1) is 9.49. The van der Waals surface area contributed by atoms with Crippen LogP contribution in [-0.2, 0) is 0 Å². The lowest BCUT2D eigenvalue weighted by atomic mass is 10.2. The van der Waals surface area contributed by atoms with Crippen LogP contribution in [0, 0.1) is 11.5 Å². The van der Waals surface area contributed by atoms with Crippen LogP contribution in [0.5, 0.6) is 0 Å². The minimum absolute atomic E-state index is 0.234. The van der Waals surface area contributed by atoms with Crippen LogP contribution in [0.1, 0.15) is 10.4 Å². The van der Waals surface area contributed by atoms with Gasteiger partial charge in [-0.15, -0.1) is 0 Å². The van der Waals surface area contributed by atoms with Crippen LogP contribution in [-0.4, -0.2) is 22.8 Å². The van der Waals surface area contributed by atoms with E-state index in [-0.39, 0.29) is 5.15 Å². The van der Waals surface area contributed by atoms with Gasteiger partial charge in [-0.05, 0) is 12.1 Å². The minimum Gasteiger partial charge on any atom is -0.268 e. The maximum Gasteiger partial charge on any atom is 0.266 e. The third kappa shape index (κ3) is 2.17. The summed E-state index contributed by atoms with van der Waals surface area (Å²) in [5.41, 5.74) is 0.351. The number of rotatable bonds is 1. The second kappa shape index (κ2) is 3.87. The Kier molecular flexibility index (Phi) is 2.83. The number of carbonyl (C=O) groups is 1. The molecule has 4 nitrogen and oxygen atoms in total. The molecule has 0 atom stereocenters. The molecule has 0 aliphatic heterocycles. The molecule has 0 radical (unpaired) electrons. The average molecular weight is 196 g/mol. The standard InChI is InChI=1S/C8H6ClN3O/c1-12(5-10)8(13)6-2-3-11-7(9)4-6/h2-4H,1H3. The van der Waals surface area contributed by atoms with Gasteiger partial charge in [-0.2, -0.15) is 5.26 Å². The molecule has 0 bridgehead atoms. The number of carbonyl (C=O) groups excluding carboxylic acids is 1. The highest BCUT2D eigenvalue weighted by atomic mass is 35.5. The molecule has 0 unspecified atom stereocenters. The summed E-state index contributed by atoms with van der Waals surface area (Å²) in [4.78, 5) is 16.0. The lowest BCUT2D eigenvalue weighted by Crippen LogP contribution is -2.21. The maximum atomic E-state index is 11.3. The Balaban J connectivity index is 2.97. The number of hydrogen-bond donors (Lipinski definition) is 0. The monoisotopic (exact) mass is 195 g/mol. The van der Waals surface area contributed by atoms with Gasteiger partial charge in [0.25, 0.3) is 5.91 Å². The van der Waals surface area contributed by atoms with Gasteiger partial charge < -0.3 is 0 Å². The van der Waals surface area contributed by atoms with Gasteiger partial charge in [0.15, 0.2) is 6.19 Å². The number of hydrogen-bond acceptors (Lipinski definition) is 3. The molecule has 0 N–H and O–H groups in total. The normalized spacial score (nSPS) is 9.00. The van der Waals surface area contributed by atoms with Crippen molar-refractivity contribution in [3.8, 4) is 6.19 Å². The fraction of sp³-hybridized carbons (Fsp3) is 0.125. The van der Waals surface area contributed by atoms with Crippen molar-refractivity contribution in [3.05, 3.63) is 29.0 Å². The molecule has 0 aromatic carbocycles. The Bertz CT molecular complexity index is 372. The molecule has 13 heavy (non-hydrogen) atoms. The zero-order valence-electron chi connectivity index (χ0n) is 6.86. The van der Waals surface area contributed by atoms with Crippen LogP contribution in [0.3, 0.4) is 0 Å². The van der Waals surface area contributed by atoms with E-state index >= 15 is 0 Å². The molecule has 1 heterocycles. The molecule has 5 heteroatoms. The number of nitriles is 1. The van der Waals surface area contributed by atoms with Crippen molar-refractivity contribution in [2.24, 2.45) is 0 Å². The largest absolute Gasteiger partial charge is 0.268 e. The Hall–Kier alpha value is -1.60.